The van der Waals surface area contributed by atoms with E-state index in [2.05, 4.69) is 29.4 Å². The van der Waals surface area contributed by atoms with Crippen molar-refractivity contribution >= 4 is 11.3 Å². The van der Waals surface area contributed by atoms with Crippen molar-refractivity contribution in [2.75, 3.05) is 13.7 Å². The van der Waals surface area contributed by atoms with Gasteiger partial charge in [0.15, 0.2) is 0 Å². The Morgan fingerprint density at radius 2 is 2.28 bits per heavy atom. The second-order valence-electron chi connectivity index (χ2n) is 4.14. The maximum atomic E-state index is 5.20. The number of hydrogen-bond donors (Lipinski definition) is 1. The molecule has 0 aliphatic carbocycles. The smallest absolute Gasteiger partial charge is 0.119 e. The highest BCUT2D eigenvalue weighted by atomic mass is 32.1. The van der Waals surface area contributed by atoms with Crippen LogP contribution in [-0.4, -0.2) is 18.6 Å². The van der Waals surface area contributed by atoms with E-state index in [1.54, 1.807) is 18.4 Å². The molecule has 0 spiro atoms. The van der Waals surface area contributed by atoms with E-state index >= 15 is 0 Å². The molecule has 0 unspecified atom stereocenters. The third-order valence-electron chi connectivity index (χ3n) is 2.84. The zero-order valence-electron chi connectivity index (χ0n) is 10.8. The number of hydrogen-bond acceptors (Lipinski definition) is 4. The summed E-state index contributed by atoms with van der Waals surface area (Å²) in [4.78, 5) is 5.62. The highest BCUT2D eigenvalue weighted by Crippen LogP contribution is 2.13. The Morgan fingerprint density at radius 1 is 1.39 bits per heavy atom. The molecule has 0 aliphatic heterocycles. The summed E-state index contributed by atoms with van der Waals surface area (Å²) in [6.07, 6.45) is 1.04. The number of thiazole rings is 1. The van der Waals surface area contributed by atoms with Crippen LogP contribution in [0.3, 0.4) is 0 Å². The number of ether oxygens (including phenoxy) is 1. The molecule has 0 radical (unpaired) electrons. The van der Waals surface area contributed by atoms with Crippen molar-refractivity contribution in [1.29, 1.82) is 0 Å². The lowest BCUT2D eigenvalue weighted by atomic mass is 10.2. The van der Waals surface area contributed by atoms with E-state index in [4.69, 9.17) is 4.74 Å². The number of nitrogens with one attached hydrogen (secondary N) is 1. The van der Waals surface area contributed by atoms with E-state index < -0.39 is 0 Å². The molecule has 2 aromatic rings. The predicted molar refractivity (Wildman–Crippen MR) is 75.3 cm³/mol. The molecule has 0 fully saturated rings. The van der Waals surface area contributed by atoms with Crippen LogP contribution in [0.1, 0.15) is 16.1 Å². The fraction of sp³-hybridized carbons (Fsp3) is 0.357. The molecule has 0 amide bonds. The first-order valence-electron chi connectivity index (χ1n) is 6.02. The Kier molecular flexibility index (Phi) is 4.73. The summed E-state index contributed by atoms with van der Waals surface area (Å²) in [6, 6.07) is 8.14. The number of nitrogens with zero attached hydrogens (tertiary/aromatic N) is 1. The number of methoxy groups -OCH3 is 1. The van der Waals surface area contributed by atoms with Crippen LogP contribution < -0.4 is 10.1 Å². The van der Waals surface area contributed by atoms with Gasteiger partial charge in [-0.3, -0.25) is 0 Å². The minimum atomic E-state index is 0.870. The molecule has 1 aromatic heterocycles. The van der Waals surface area contributed by atoms with E-state index in [-0.39, 0.29) is 0 Å². The van der Waals surface area contributed by atoms with Gasteiger partial charge >= 0.3 is 0 Å². The Bertz CT molecular complexity index is 496. The second-order valence-corrected chi connectivity index (χ2v) is 5.08. The Hall–Kier alpha value is -1.39. The first-order valence-corrected chi connectivity index (χ1v) is 6.90. The normalized spacial score (nSPS) is 10.6. The fourth-order valence-corrected chi connectivity index (χ4v) is 2.56. The zero-order chi connectivity index (χ0) is 12.8. The van der Waals surface area contributed by atoms with Crippen molar-refractivity contribution in [3.05, 3.63) is 45.9 Å². The monoisotopic (exact) mass is 262 g/mol. The maximum absolute atomic E-state index is 5.20. The molecule has 3 nitrogen and oxygen atoms in total. The lowest BCUT2D eigenvalue weighted by Crippen LogP contribution is -2.16. The average molecular weight is 262 g/mol. The fourth-order valence-electron chi connectivity index (χ4n) is 1.78. The third-order valence-corrected chi connectivity index (χ3v) is 3.83. The summed E-state index contributed by atoms with van der Waals surface area (Å²) in [5.41, 5.74) is 4.31. The van der Waals surface area contributed by atoms with Gasteiger partial charge in [0.05, 0.1) is 18.3 Å². The number of aromatic nitrogens is 1. The number of benzene rings is 1. The zero-order valence-corrected chi connectivity index (χ0v) is 11.6. The first kappa shape index (κ1) is 13.1. The minimum Gasteiger partial charge on any atom is -0.497 e. The molecular weight excluding hydrogens is 244 g/mol. The van der Waals surface area contributed by atoms with E-state index in [1.165, 1.54) is 10.4 Å². The van der Waals surface area contributed by atoms with Crippen LogP contribution in [0, 0.1) is 6.92 Å². The standard InChI is InChI=1S/C14H18N2OS/c1-11-14(18-10-16-11)6-7-15-9-12-4-3-5-13(8-12)17-2/h3-5,8,10,15H,6-7,9H2,1-2H3. The largest absolute Gasteiger partial charge is 0.497 e. The van der Waals surface area contributed by atoms with Crippen molar-refractivity contribution in [3.8, 4) is 5.75 Å². The average Bonchev–Trinajstić information content (AvgIpc) is 2.81. The van der Waals surface area contributed by atoms with Gasteiger partial charge in [0.1, 0.15) is 5.75 Å². The Labute approximate surface area is 112 Å². The SMILES string of the molecule is COc1cccc(CNCCc2scnc2C)c1. The van der Waals surface area contributed by atoms with Crippen LogP contribution in [0.4, 0.5) is 0 Å². The molecule has 96 valence electrons. The molecule has 0 aliphatic rings. The van der Waals surface area contributed by atoms with Crippen LogP contribution >= 0.6 is 11.3 Å². The van der Waals surface area contributed by atoms with Crippen LogP contribution in [0.2, 0.25) is 0 Å². The van der Waals surface area contributed by atoms with Gasteiger partial charge in [0.2, 0.25) is 0 Å². The Balaban J connectivity index is 1.76. The second kappa shape index (κ2) is 6.52. The molecule has 0 saturated carbocycles. The van der Waals surface area contributed by atoms with Gasteiger partial charge in [-0.2, -0.15) is 0 Å². The molecule has 1 heterocycles. The van der Waals surface area contributed by atoms with Crippen molar-refractivity contribution in [3.63, 3.8) is 0 Å². The van der Waals surface area contributed by atoms with Crippen LogP contribution in [0.25, 0.3) is 0 Å². The third kappa shape index (κ3) is 3.55. The summed E-state index contributed by atoms with van der Waals surface area (Å²) in [6.45, 7) is 3.91. The summed E-state index contributed by atoms with van der Waals surface area (Å²) in [7, 11) is 1.69. The van der Waals surface area contributed by atoms with Gasteiger partial charge in [0.25, 0.3) is 0 Å². The topological polar surface area (TPSA) is 34.1 Å². The van der Waals surface area contributed by atoms with E-state index in [1.807, 2.05) is 17.6 Å². The molecule has 1 aromatic carbocycles. The summed E-state index contributed by atoms with van der Waals surface area (Å²) >= 11 is 1.73. The van der Waals surface area contributed by atoms with E-state index in [0.717, 1.165) is 31.0 Å². The van der Waals surface area contributed by atoms with Gasteiger partial charge in [-0.15, -0.1) is 11.3 Å². The first-order chi connectivity index (χ1) is 8.79. The van der Waals surface area contributed by atoms with Crippen LogP contribution in [0.5, 0.6) is 5.75 Å². The lowest BCUT2D eigenvalue weighted by Gasteiger charge is -2.06. The molecular formula is C14H18N2OS. The molecule has 0 atom stereocenters. The van der Waals surface area contributed by atoms with Crippen molar-refractivity contribution in [2.24, 2.45) is 0 Å². The van der Waals surface area contributed by atoms with Crippen LogP contribution in [-0.2, 0) is 13.0 Å². The highest BCUT2D eigenvalue weighted by molar-refractivity contribution is 7.09. The molecule has 18 heavy (non-hydrogen) atoms. The van der Waals surface area contributed by atoms with E-state index in [0.29, 0.717) is 0 Å². The quantitative estimate of drug-likeness (QED) is 0.813. The lowest BCUT2D eigenvalue weighted by molar-refractivity contribution is 0.414. The molecule has 0 bridgehead atoms. The molecule has 4 heteroatoms. The maximum Gasteiger partial charge on any atom is 0.119 e. The van der Waals surface area contributed by atoms with E-state index in [9.17, 15) is 0 Å². The predicted octanol–water partition coefficient (Wildman–Crippen LogP) is 2.79. The van der Waals surface area contributed by atoms with Gasteiger partial charge in [-0.1, -0.05) is 12.1 Å². The van der Waals surface area contributed by atoms with Crippen LogP contribution in [0.15, 0.2) is 29.8 Å². The van der Waals surface area contributed by atoms with Crippen molar-refractivity contribution < 1.29 is 4.74 Å². The van der Waals surface area contributed by atoms with Crippen molar-refractivity contribution in [2.45, 2.75) is 19.9 Å². The number of rotatable bonds is 6. The number of aryl methyl sites for hydroxylation is 1. The summed E-state index contributed by atoms with van der Waals surface area (Å²) in [5, 5.41) is 3.44. The van der Waals surface area contributed by atoms with Gasteiger partial charge in [-0.05, 0) is 31.0 Å². The molecule has 1 N–H and O–H groups in total. The minimum absolute atomic E-state index is 0.870. The summed E-state index contributed by atoms with van der Waals surface area (Å²) < 4.78 is 5.20. The van der Waals surface area contributed by atoms with Gasteiger partial charge in [0, 0.05) is 18.0 Å². The highest BCUT2D eigenvalue weighted by Gasteiger charge is 2.01. The van der Waals surface area contributed by atoms with Gasteiger partial charge in [-0.25, -0.2) is 4.98 Å². The summed E-state index contributed by atoms with van der Waals surface area (Å²) in [5.74, 6) is 0.910. The Morgan fingerprint density at radius 3 is 3.00 bits per heavy atom. The van der Waals surface area contributed by atoms with Crippen molar-refractivity contribution in [1.82, 2.24) is 10.3 Å². The molecule has 2 rings (SSSR count). The van der Waals surface area contributed by atoms with Gasteiger partial charge < -0.3 is 10.1 Å². The molecule has 0 saturated heterocycles.